The SMILES string of the molecule is Cc1[nH]c2ccc(C(=O)N3CCC[C@H]3c3ccccc3)cc2c1C. The van der Waals surface area contributed by atoms with E-state index in [0.29, 0.717) is 0 Å². The highest BCUT2D eigenvalue weighted by atomic mass is 16.2. The first-order chi connectivity index (χ1) is 11.6. The zero-order valence-electron chi connectivity index (χ0n) is 14.2. The van der Waals surface area contributed by atoms with Gasteiger partial charge >= 0.3 is 0 Å². The molecule has 1 N–H and O–H groups in total. The maximum absolute atomic E-state index is 13.1. The van der Waals surface area contributed by atoms with Crippen molar-refractivity contribution < 1.29 is 4.79 Å². The van der Waals surface area contributed by atoms with Crippen LogP contribution in [-0.4, -0.2) is 22.3 Å². The van der Waals surface area contributed by atoms with Crippen LogP contribution in [-0.2, 0) is 0 Å². The molecule has 122 valence electrons. The molecular formula is C21H22N2O. The topological polar surface area (TPSA) is 36.1 Å². The molecule has 4 rings (SSSR count). The number of benzene rings is 2. The molecule has 1 saturated heterocycles. The zero-order valence-corrected chi connectivity index (χ0v) is 14.2. The number of H-pyrrole nitrogens is 1. The van der Waals surface area contributed by atoms with Gasteiger partial charge in [-0.15, -0.1) is 0 Å². The van der Waals surface area contributed by atoms with Gasteiger partial charge in [0, 0.05) is 28.7 Å². The Hall–Kier alpha value is -2.55. The summed E-state index contributed by atoms with van der Waals surface area (Å²) < 4.78 is 0. The Labute approximate surface area is 142 Å². The van der Waals surface area contributed by atoms with Crippen LogP contribution in [0.25, 0.3) is 10.9 Å². The number of likely N-dealkylation sites (tertiary alicyclic amines) is 1. The standard InChI is InChI=1S/C21H22N2O/c1-14-15(2)22-19-11-10-17(13-18(14)19)21(24)23-12-6-9-20(23)16-7-4-3-5-8-16/h3-5,7-8,10-11,13,20,22H,6,9,12H2,1-2H3/t20-/m0/s1. The van der Waals surface area contributed by atoms with Gasteiger partial charge in [0.1, 0.15) is 0 Å². The summed E-state index contributed by atoms with van der Waals surface area (Å²) in [5.41, 5.74) is 5.51. The van der Waals surface area contributed by atoms with E-state index in [1.165, 1.54) is 11.1 Å². The van der Waals surface area contributed by atoms with Crippen LogP contribution in [0, 0.1) is 13.8 Å². The van der Waals surface area contributed by atoms with Gasteiger partial charge in [0.15, 0.2) is 0 Å². The third-order valence-electron chi connectivity index (χ3n) is 5.25. The fourth-order valence-electron chi connectivity index (χ4n) is 3.79. The molecule has 1 aliphatic rings. The Kier molecular flexibility index (Phi) is 3.64. The number of hydrogen-bond donors (Lipinski definition) is 1. The third-order valence-corrected chi connectivity index (χ3v) is 5.25. The number of aromatic nitrogens is 1. The average molecular weight is 318 g/mol. The maximum atomic E-state index is 13.1. The second-order valence-electron chi connectivity index (χ2n) is 6.70. The van der Waals surface area contributed by atoms with Crippen molar-refractivity contribution in [3.8, 4) is 0 Å². The third kappa shape index (κ3) is 2.41. The molecule has 0 spiro atoms. The second kappa shape index (κ2) is 5.82. The van der Waals surface area contributed by atoms with Crippen molar-refractivity contribution in [3.63, 3.8) is 0 Å². The van der Waals surface area contributed by atoms with Crippen LogP contribution in [0.5, 0.6) is 0 Å². The van der Waals surface area contributed by atoms with E-state index in [0.717, 1.165) is 41.5 Å². The van der Waals surface area contributed by atoms with Crippen LogP contribution in [0.15, 0.2) is 48.5 Å². The lowest BCUT2D eigenvalue weighted by Crippen LogP contribution is -2.30. The first kappa shape index (κ1) is 15.0. The van der Waals surface area contributed by atoms with Crippen molar-refractivity contribution in [2.75, 3.05) is 6.54 Å². The number of carbonyl (C=O) groups excluding carboxylic acids is 1. The lowest BCUT2D eigenvalue weighted by molar-refractivity contribution is 0.0736. The molecule has 0 bridgehead atoms. The van der Waals surface area contributed by atoms with Crippen molar-refractivity contribution in [2.24, 2.45) is 0 Å². The van der Waals surface area contributed by atoms with Gasteiger partial charge in [-0.2, -0.15) is 0 Å². The van der Waals surface area contributed by atoms with Crippen LogP contribution in [0.2, 0.25) is 0 Å². The van der Waals surface area contributed by atoms with Crippen molar-refractivity contribution >= 4 is 16.8 Å². The van der Waals surface area contributed by atoms with Gasteiger partial charge in [0.25, 0.3) is 5.91 Å². The van der Waals surface area contributed by atoms with Gasteiger partial charge in [-0.3, -0.25) is 4.79 Å². The first-order valence-corrected chi connectivity index (χ1v) is 8.60. The van der Waals surface area contributed by atoms with Crippen molar-refractivity contribution in [1.82, 2.24) is 9.88 Å². The molecule has 1 aromatic heterocycles. The highest BCUT2D eigenvalue weighted by molar-refractivity contribution is 5.99. The van der Waals surface area contributed by atoms with E-state index < -0.39 is 0 Å². The fraction of sp³-hybridized carbons (Fsp3) is 0.286. The highest BCUT2D eigenvalue weighted by Gasteiger charge is 2.30. The number of fused-ring (bicyclic) bond motifs is 1. The largest absolute Gasteiger partial charge is 0.358 e. The molecule has 2 heterocycles. The number of rotatable bonds is 2. The lowest BCUT2D eigenvalue weighted by atomic mass is 10.0. The summed E-state index contributed by atoms with van der Waals surface area (Å²) in [7, 11) is 0. The minimum absolute atomic E-state index is 0.140. The number of aryl methyl sites for hydroxylation is 2. The van der Waals surface area contributed by atoms with Gasteiger partial charge in [-0.1, -0.05) is 30.3 Å². The summed E-state index contributed by atoms with van der Waals surface area (Å²) in [6.07, 6.45) is 2.11. The summed E-state index contributed by atoms with van der Waals surface area (Å²) in [5, 5.41) is 1.15. The smallest absolute Gasteiger partial charge is 0.254 e. The monoisotopic (exact) mass is 318 g/mol. The Bertz CT molecular complexity index is 895. The van der Waals surface area contributed by atoms with Crippen molar-refractivity contribution in [1.29, 1.82) is 0 Å². The molecule has 2 aromatic carbocycles. The molecule has 1 amide bonds. The Balaban J connectivity index is 1.69. The minimum atomic E-state index is 0.140. The maximum Gasteiger partial charge on any atom is 0.254 e. The summed E-state index contributed by atoms with van der Waals surface area (Å²) >= 11 is 0. The summed E-state index contributed by atoms with van der Waals surface area (Å²) in [5.74, 6) is 0.140. The van der Waals surface area contributed by atoms with E-state index in [1.807, 2.05) is 41.3 Å². The van der Waals surface area contributed by atoms with Gasteiger partial charge in [0.2, 0.25) is 0 Å². The van der Waals surface area contributed by atoms with Crippen LogP contribution in [0.4, 0.5) is 0 Å². The number of nitrogens with one attached hydrogen (secondary N) is 1. The molecule has 3 nitrogen and oxygen atoms in total. The first-order valence-electron chi connectivity index (χ1n) is 8.60. The molecule has 3 aromatic rings. The molecular weight excluding hydrogens is 296 g/mol. The zero-order chi connectivity index (χ0) is 16.7. The molecule has 3 heteroatoms. The molecule has 0 radical (unpaired) electrons. The van der Waals surface area contributed by atoms with E-state index in [-0.39, 0.29) is 11.9 Å². The average Bonchev–Trinajstić information content (AvgIpc) is 3.21. The van der Waals surface area contributed by atoms with Crippen molar-refractivity contribution in [3.05, 3.63) is 70.9 Å². The van der Waals surface area contributed by atoms with Gasteiger partial charge < -0.3 is 9.88 Å². The predicted molar refractivity (Wildman–Crippen MR) is 97.2 cm³/mol. The van der Waals surface area contributed by atoms with Gasteiger partial charge in [0.05, 0.1) is 6.04 Å². The molecule has 0 saturated carbocycles. The number of carbonyl (C=O) groups is 1. The molecule has 1 fully saturated rings. The van der Waals surface area contributed by atoms with E-state index >= 15 is 0 Å². The van der Waals surface area contributed by atoms with E-state index in [9.17, 15) is 4.79 Å². The predicted octanol–water partition coefficient (Wildman–Crippen LogP) is 4.76. The molecule has 0 unspecified atom stereocenters. The quantitative estimate of drug-likeness (QED) is 0.726. The minimum Gasteiger partial charge on any atom is -0.358 e. The number of nitrogens with zero attached hydrogens (tertiary/aromatic N) is 1. The van der Waals surface area contributed by atoms with Crippen LogP contribution in [0.1, 0.15) is 46.1 Å². The van der Waals surface area contributed by atoms with E-state index in [1.54, 1.807) is 0 Å². The number of amides is 1. The van der Waals surface area contributed by atoms with Crippen molar-refractivity contribution in [2.45, 2.75) is 32.7 Å². The number of hydrogen-bond acceptors (Lipinski definition) is 1. The molecule has 0 aliphatic carbocycles. The normalized spacial score (nSPS) is 17.6. The van der Waals surface area contributed by atoms with Crippen LogP contribution >= 0.6 is 0 Å². The summed E-state index contributed by atoms with van der Waals surface area (Å²) in [6, 6.07) is 16.6. The van der Waals surface area contributed by atoms with E-state index in [4.69, 9.17) is 0 Å². The fourth-order valence-corrected chi connectivity index (χ4v) is 3.79. The van der Waals surface area contributed by atoms with Gasteiger partial charge in [-0.05, 0) is 56.0 Å². The van der Waals surface area contributed by atoms with E-state index in [2.05, 4.69) is 31.0 Å². The number of aromatic amines is 1. The molecule has 1 aliphatic heterocycles. The second-order valence-corrected chi connectivity index (χ2v) is 6.70. The summed E-state index contributed by atoms with van der Waals surface area (Å²) in [4.78, 5) is 18.5. The Morgan fingerprint density at radius 2 is 1.92 bits per heavy atom. The Morgan fingerprint density at radius 1 is 1.12 bits per heavy atom. The van der Waals surface area contributed by atoms with Crippen LogP contribution in [0.3, 0.4) is 0 Å². The highest BCUT2D eigenvalue weighted by Crippen LogP contribution is 2.33. The lowest BCUT2D eigenvalue weighted by Gasteiger charge is -2.25. The Morgan fingerprint density at radius 3 is 2.71 bits per heavy atom. The van der Waals surface area contributed by atoms with Gasteiger partial charge in [-0.25, -0.2) is 0 Å². The molecule has 1 atom stereocenters. The van der Waals surface area contributed by atoms with Crippen LogP contribution < -0.4 is 0 Å². The summed E-state index contributed by atoms with van der Waals surface area (Å²) in [6.45, 7) is 5.01. The molecule has 24 heavy (non-hydrogen) atoms.